The first-order valence-corrected chi connectivity index (χ1v) is 7.90. The van der Waals surface area contributed by atoms with E-state index in [2.05, 4.69) is 5.32 Å². The maximum absolute atomic E-state index is 11.5. The van der Waals surface area contributed by atoms with Gasteiger partial charge in [0, 0.05) is 6.92 Å². The molecule has 0 aliphatic carbocycles. The van der Waals surface area contributed by atoms with E-state index in [9.17, 15) is 14.6 Å². The summed E-state index contributed by atoms with van der Waals surface area (Å²) in [5.41, 5.74) is 6.30. The zero-order chi connectivity index (χ0) is 18.4. The van der Waals surface area contributed by atoms with Crippen molar-refractivity contribution in [2.45, 2.75) is 25.3 Å². The van der Waals surface area contributed by atoms with Gasteiger partial charge >= 0.3 is 13.1 Å². The highest BCUT2D eigenvalue weighted by Gasteiger charge is 2.30. The van der Waals surface area contributed by atoms with Crippen molar-refractivity contribution in [2.24, 2.45) is 5.73 Å². The van der Waals surface area contributed by atoms with Crippen molar-refractivity contribution in [1.29, 1.82) is 0 Å². The van der Waals surface area contributed by atoms with Crippen LogP contribution in [-0.2, 0) is 20.7 Å². The molecule has 0 aliphatic rings. The number of carbonyl (C=O) groups is 2. The molecule has 0 saturated heterocycles. The number of carbonyl (C=O) groups excluding carboxylic acids is 1. The third-order valence-electron chi connectivity index (χ3n) is 3.82. The highest BCUT2D eigenvalue weighted by Crippen LogP contribution is 2.20. The molecule has 7 nitrogen and oxygen atoms in total. The Morgan fingerprint density at radius 3 is 2.60 bits per heavy atom. The molecule has 132 valence electrons. The molecule has 0 unspecified atom stereocenters. The molecule has 0 aliphatic heterocycles. The van der Waals surface area contributed by atoms with Crippen LogP contribution in [-0.4, -0.2) is 47.7 Å². The Morgan fingerprint density at radius 1 is 1.24 bits per heavy atom. The second-order valence-corrected chi connectivity index (χ2v) is 5.82. The lowest BCUT2D eigenvalue weighted by molar-refractivity contribution is -0.139. The third kappa shape index (κ3) is 5.28. The maximum atomic E-state index is 11.5. The van der Waals surface area contributed by atoms with Gasteiger partial charge in [0.1, 0.15) is 6.04 Å². The number of hydrogen-bond donors (Lipinski definition) is 4. The van der Waals surface area contributed by atoms with Gasteiger partial charge in [-0.3, -0.25) is 9.59 Å². The molecule has 0 radical (unpaired) electrons. The van der Waals surface area contributed by atoms with Crippen molar-refractivity contribution in [2.75, 3.05) is 6.61 Å². The van der Waals surface area contributed by atoms with E-state index in [-0.39, 0.29) is 12.5 Å². The molecule has 0 aromatic heterocycles. The number of carboxylic acids is 1. The number of fused-ring (bicyclic) bond motifs is 1. The quantitative estimate of drug-likeness (QED) is 0.512. The molecule has 1 amide bonds. The van der Waals surface area contributed by atoms with Crippen molar-refractivity contribution >= 4 is 29.8 Å². The van der Waals surface area contributed by atoms with Crippen molar-refractivity contribution in [1.82, 2.24) is 5.32 Å². The minimum atomic E-state index is -1.38. The average molecular weight is 344 g/mol. The predicted octanol–water partition coefficient (Wildman–Crippen LogP) is 0.335. The summed E-state index contributed by atoms with van der Waals surface area (Å²) in [4.78, 5) is 22.2. The first kappa shape index (κ1) is 18.9. The van der Waals surface area contributed by atoms with Crippen LogP contribution in [0.2, 0.25) is 0 Å². The summed E-state index contributed by atoms with van der Waals surface area (Å²) in [6, 6.07) is 12.3. The molecule has 2 atom stereocenters. The molecule has 0 saturated carbocycles. The van der Waals surface area contributed by atoms with Crippen molar-refractivity contribution in [3.05, 3.63) is 48.0 Å². The van der Waals surface area contributed by atoms with Crippen LogP contribution in [0.4, 0.5) is 0 Å². The average Bonchev–Trinajstić information content (AvgIpc) is 2.58. The number of benzene rings is 2. The molecule has 8 heteroatoms. The number of hydrogen-bond acceptors (Lipinski definition) is 5. The fourth-order valence-electron chi connectivity index (χ4n) is 2.58. The summed E-state index contributed by atoms with van der Waals surface area (Å²) in [6.07, 6.45) is 0.324. The minimum Gasteiger partial charge on any atom is -0.480 e. The molecule has 0 bridgehead atoms. The summed E-state index contributed by atoms with van der Waals surface area (Å²) in [5.74, 6) is -2.28. The van der Waals surface area contributed by atoms with Gasteiger partial charge in [0.15, 0.2) is 0 Å². The van der Waals surface area contributed by atoms with Crippen LogP contribution in [0.1, 0.15) is 12.5 Å². The van der Waals surface area contributed by atoms with E-state index in [0.717, 1.165) is 16.3 Å². The first-order valence-electron chi connectivity index (χ1n) is 7.90. The van der Waals surface area contributed by atoms with Crippen molar-refractivity contribution in [3.63, 3.8) is 0 Å². The molecular formula is C17H21BN2O5. The Balaban J connectivity index is 2.16. The zero-order valence-corrected chi connectivity index (χ0v) is 13.9. The highest BCUT2D eigenvalue weighted by molar-refractivity contribution is 6.45. The maximum Gasteiger partial charge on any atom is 0.478 e. The number of aliphatic carboxylic acids is 1. The summed E-state index contributed by atoms with van der Waals surface area (Å²) in [5, 5.41) is 23.7. The number of carboxylic acid groups (broad SMARTS) is 1. The van der Waals surface area contributed by atoms with E-state index < -0.39 is 25.1 Å². The molecule has 5 N–H and O–H groups in total. The standard InChI is InChI=1S/C17H21BN2O5/c1-11(21)20-16(18(24)25-10-15(19)17(22)23)9-13-7-4-6-12-5-2-3-8-14(12)13/h2-8,15-16,24H,9-10,19H2,1H3,(H,20,21)(H,22,23)/t15-,16+/m0/s1. The number of nitrogens with one attached hydrogen (secondary N) is 1. The summed E-state index contributed by atoms with van der Waals surface area (Å²) >= 11 is 0. The van der Waals surface area contributed by atoms with Crippen molar-refractivity contribution in [3.8, 4) is 0 Å². The SMILES string of the molecule is CC(=O)N[C@H](Cc1cccc2ccccc12)B(O)OC[C@H](N)C(=O)O. The number of amides is 1. The minimum absolute atomic E-state index is 0.324. The van der Waals surface area contributed by atoms with Gasteiger partial charge in [-0.05, 0) is 22.8 Å². The Morgan fingerprint density at radius 2 is 1.92 bits per heavy atom. The molecule has 0 heterocycles. The summed E-state index contributed by atoms with van der Waals surface area (Å²) < 4.78 is 5.15. The van der Waals surface area contributed by atoms with Crippen LogP contribution in [0.25, 0.3) is 10.8 Å². The zero-order valence-electron chi connectivity index (χ0n) is 13.9. The Kier molecular flexibility index (Phi) is 6.52. The van der Waals surface area contributed by atoms with Gasteiger partial charge in [-0.2, -0.15) is 0 Å². The van der Waals surface area contributed by atoms with Crippen LogP contribution < -0.4 is 11.1 Å². The lowest BCUT2D eigenvalue weighted by Crippen LogP contribution is -2.50. The lowest BCUT2D eigenvalue weighted by Gasteiger charge is -2.22. The lowest BCUT2D eigenvalue weighted by atomic mass is 9.74. The van der Waals surface area contributed by atoms with Gasteiger partial charge < -0.3 is 25.8 Å². The largest absolute Gasteiger partial charge is 0.480 e. The van der Waals surface area contributed by atoms with Crippen LogP contribution >= 0.6 is 0 Å². The normalized spacial score (nSPS) is 13.2. The van der Waals surface area contributed by atoms with E-state index >= 15 is 0 Å². The molecule has 0 spiro atoms. The summed E-state index contributed by atoms with van der Waals surface area (Å²) in [7, 11) is -1.38. The van der Waals surface area contributed by atoms with Crippen LogP contribution in [0.5, 0.6) is 0 Å². The van der Waals surface area contributed by atoms with Gasteiger partial charge in [-0.1, -0.05) is 42.5 Å². The Hall–Kier alpha value is -2.42. The third-order valence-corrected chi connectivity index (χ3v) is 3.82. The second kappa shape index (κ2) is 8.61. The highest BCUT2D eigenvalue weighted by atomic mass is 16.5. The van der Waals surface area contributed by atoms with Crippen LogP contribution in [0, 0.1) is 0 Å². The molecule has 2 aromatic rings. The van der Waals surface area contributed by atoms with E-state index in [1.807, 2.05) is 42.5 Å². The monoisotopic (exact) mass is 344 g/mol. The Bertz CT molecular complexity index is 749. The molecule has 2 aromatic carbocycles. The smallest absolute Gasteiger partial charge is 0.478 e. The number of rotatable bonds is 8. The second-order valence-electron chi connectivity index (χ2n) is 5.82. The first-order chi connectivity index (χ1) is 11.9. The van der Waals surface area contributed by atoms with Crippen LogP contribution in [0.3, 0.4) is 0 Å². The molecule has 2 rings (SSSR count). The van der Waals surface area contributed by atoms with E-state index in [4.69, 9.17) is 15.5 Å². The molecular weight excluding hydrogens is 323 g/mol. The van der Waals surface area contributed by atoms with Gasteiger partial charge in [-0.25, -0.2) is 0 Å². The van der Waals surface area contributed by atoms with E-state index in [1.165, 1.54) is 6.92 Å². The van der Waals surface area contributed by atoms with Gasteiger partial charge in [0.05, 0.1) is 12.5 Å². The van der Waals surface area contributed by atoms with Crippen molar-refractivity contribution < 1.29 is 24.4 Å². The van der Waals surface area contributed by atoms with Gasteiger partial charge in [0.2, 0.25) is 5.91 Å². The number of nitrogens with two attached hydrogens (primary N) is 1. The van der Waals surface area contributed by atoms with Gasteiger partial charge in [0.25, 0.3) is 0 Å². The fraction of sp³-hybridized carbons (Fsp3) is 0.294. The van der Waals surface area contributed by atoms with E-state index in [0.29, 0.717) is 6.42 Å². The topological polar surface area (TPSA) is 122 Å². The van der Waals surface area contributed by atoms with Gasteiger partial charge in [-0.15, -0.1) is 0 Å². The predicted molar refractivity (Wildman–Crippen MR) is 94.8 cm³/mol. The molecule has 0 fully saturated rings. The Labute approximate surface area is 145 Å². The van der Waals surface area contributed by atoms with Crippen LogP contribution in [0.15, 0.2) is 42.5 Å². The summed E-state index contributed by atoms with van der Waals surface area (Å²) in [6.45, 7) is 0.980. The van der Waals surface area contributed by atoms with E-state index in [1.54, 1.807) is 0 Å². The fourth-order valence-corrected chi connectivity index (χ4v) is 2.58. The molecule has 25 heavy (non-hydrogen) atoms.